The summed E-state index contributed by atoms with van der Waals surface area (Å²) in [5.74, 6) is 0.0884. The van der Waals surface area contributed by atoms with Gasteiger partial charge in [0.2, 0.25) is 0 Å². The van der Waals surface area contributed by atoms with Crippen molar-refractivity contribution in [1.29, 1.82) is 0 Å². The number of sulfone groups is 1. The van der Waals surface area contributed by atoms with Crippen LogP contribution in [0.5, 0.6) is 0 Å². The Kier molecular flexibility index (Phi) is 7.30. The molecule has 1 rings (SSSR count). The van der Waals surface area contributed by atoms with Crippen molar-refractivity contribution < 1.29 is 18.3 Å². The Bertz CT molecular complexity index is 513. The second kappa shape index (κ2) is 8.47. The number of nitrogens with one attached hydrogen (secondary N) is 1. The van der Waals surface area contributed by atoms with Gasteiger partial charge in [-0.15, -0.1) is 0 Å². The van der Waals surface area contributed by atoms with Crippen molar-refractivity contribution in [2.75, 3.05) is 25.2 Å². The average Bonchev–Trinajstić information content (AvgIpc) is 2.80. The first kappa shape index (κ1) is 18.1. The fourth-order valence-corrected chi connectivity index (χ4v) is 2.16. The molecule has 1 aromatic rings. The zero-order valence-corrected chi connectivity index (χ0v) is 13.6. The molecular weight excluding hydrogens is 294 g/mol. The maximum Gasteiger partial charge on any atom is 0.149 e. The van der Waals surface area contributed by atoms with Gasteiger partial charge in [-0.25, -0.2) is 8.42 Å². The lowest BCUT2D eigenvalue weighted by molar-refractivity contribution is 0.0378. The van der Waals surface area contributed by atoms with E-state index in [1.807, 2.05) is 13.1 Å². The molecule has 21 heavy (non-hydrogen) atoms. The van der Waals surface area contributed by atoms with Crippen molar-refractivity contribution in [2.24, 2.45) is 0 Å². The summed E-state index contributed by atoms with van der Waals surface area (Å²) < 4.78 is 29.1. The number of aliphatic hydroxyl groups excluding tert-OH is 1. The van der Waals surface area contributed by atoms with Crippen molar-refractivity contribution in [3.8, 4) is 0 Å². The Hall–Kier alpha value is -0.960. The quantitative estimate of drug-likeness (QED) is 0.620. The first-order valence-electron chi connectivity index (χ1n) is 6.94. The van der Waals surface area contributed by atoms with Crippen LogP contribution in [0.25, 0.3) is 0 Å². The highest BCUT2D eigenvalue weighted by atomic mass is 32.2. The van der Waals surface area contributed by atoms with Crippen molar-refractivity contribution in [3.63, 3.8) is 0 Å². The maximum absolute atomic E-state index is 11.1. The first-order chi connectivity index (χ1) is 9.76. The van der Waals surface area contributed by atoms with Gasteiger partial charge in [0.05, 0.1) is 37.8 Å². The van der Waals surface area contributed by atoms with Crippen LogP contribution in [0.1, 0.15) is 19.4 Å². The predicted octanol–water partition coefficient (Wildman–Crippen LogP) is -0.197. The molecule has 0 aliphatic heterocycles. The standard InChI is InChI=1S/C13H25N3O4S/c1-11(9-20-10-12(2)17)14-6-13-7-15-16(8-13)4-5-21(3,18)19/h7-8,11-12,14,17H,4-6,9-10H2,1-3H3/t11-,12?/m0/s1. The summed E-state index contributed by atoms with van der Waals surface area (Å²) in [6.07, 6.45) is 4.32. The van der Waals surface area contributed by atoms with Gasteiger partial charge < -0.3 is 15.2 Å². The zero-order valence-electron chi connectivity index (χ0n) is 12.8. The number of hydrogen-bond donors (Lipinski definition) is 2. The van der Waals surface area contributed by atoms with Crippen LogP contribution in [0.4, 0.5) is 0 Å². The SMILES string of the molecule is CC(O)COC[C@H](C)NCc1cnn(CCS(C)(=O)=O)c1. The summed E-state index contributed by atoms with van der Waals surface area (Å²) in [6, 6.07) is 0.156. The molecule has 2 atom stereocenters. The smallest absolute Gasteiger partial charge is 0.149 e. The molecule has 0 amide bonds. The average molecular weight is 319 g/mol. The van der Waals surface area contributed by atoms with Gasteiger partial charge in [0.15, 0.2) is 0 Å². The minimum absolute atomic E-state index is 0.0884. The van der Waals surface area contributed by atoms with E-state index in [0.29, 0.717) is 26.3 Å². The van der Waals surface area contributed by atoms with E-state index in [1.165, 1.54) is 6.26 Å². The van der Waals surface area contributed by atoms with Crippen LogP contribution in [-0.4, -0.2) is 60.7 Å². The van der Waals surface area contributed by atoms with Crippen LogP contribution < -0.4 is 5.32 Å². The van der Waals surface area contributed by atoms with Gasteiger partial charge in [0.25, 0.3) is 0 Å². The zero-order chi connectivity index (χ0) is 15.9. The lowest BCUT2D eigenvalue weighted by Gasteiger charge is -2.14. The molecule has 0 bridgehead atoms. The highest BCUT2D eigenvalue weighted by molar-refractivity contribution is 7.90. The lowest BCUT2D eigenvalue weighted by Crippen LogP contribution is -2.31. The number of aryl methyl sites for hydroxylation is 1. The van der Waals surface area contributed by atoms with E-state index in [9.17, 15) is 8.42 Å². The largest absolute Gasteiger partial charge is 0.391 e. The van der Waals surface area contributed by atoms with E-state index in [-0.39, 0.29) is 11.8 Å². The highest BCUT2D eigenvalue weighted by Crippen LogP contribution is 1.99. The van der Waals surface area contributed by atoms with E-state index in [0.717, 1.165) is 5.56 Å². The monoisotopic (exact) mass is 319 g/mol. The first-order valence-corrected chi connectivity index (χ1v) is 9.00. The molecule has 2 N–H and O–H groups in total. The van der Waals surface area contributed by atoms with E-state index in [2.05, 4.69) is 10.4 Å². The molecule has 122 valence electrons. The van der Waals surface area contributed by atoms with Crippen LogP contribution in [0, 0.1) is 0 Å². The molecule has 0 saturated carbocycles. The van der Waals surface area contributed by atoms with Crippen molar-refractivity contribution in [3.05, 3.63) is 18.0 Å². The molecule has 0 spiro atoms. The number of aliphatic hydroxyl groups is 1. The minimum Gasteiger partial charge on any atom is -0.391 e. The summed E-state index contributed by atoms with van der Waals surface area (Å²) in [5, 5.41) is 16.5. The molecule has 0 aliphatic carbocycles. The molecule has 0 aromatic carbocycles. The molecule has 0 saturated heterocycles. The number of rotatable bonds is 10. The molecule has 0 aliphatic rings. The predicted molar refractivity (Wildman–Crippen MR) is 80.7 cm³/mol. The second-order valence-electron chi connectivity index (χ2n) is 5.41. The Morgan fingerprint density at radius 1 is 1.43 bits per heavy atom. The normalized spacial score (nSPS) is 15.0. The molecule has 1 aromatic heterocycles. The Morgan fingerprint density at radius 2 is 2.14 bits per heavy atom. The number of ether oxygens (including phenoxy) is 1. The lowest BCUT2D eigenvalue weighted by atomic mass is 10.3. The molecule has 0 fully saturated rings. The summed E-state index contributed by atoms with van der Waals surface area (Å²) in [7, 11) is -2.97. The van der Waals surface area contributed by atoms with Gasteiger partial charge in [-0.1, -0.05) is 0 Å². The van der Waals surface area contributed by atoms with E-state index in [1.54, 1.807) is 17.8 Å². The van der Waals surface area contributed by atoms with Gasteiger partial charge in [0, 0.05) is 30.6 Å². The van der Waals surface area contributed by atoms with Gasteiger partial charge in [-0.3, -0.25) is 4.68 Å². The summed E-state index contributed by atoms with van der Waals surface area (Å²) in [4.78, 5) is 0. The van der Waals surface area contributed by atoms with Crippen molar-refractivity contribution in [2.45, 2.75) is 39.1 Å². The third-order valence-corrected chi connectivity index (χ3v) is 3.68. The fourth-order valence-electron chi connectivity index (χ4n) is 1.65. The second-order valence-corrected chi connectivity index (χ2v) is 7.67. The van der Waals surface area contributed by atoms with Crippen molar-refractivity contribution >= 4 is 9.84 Å². The molecule has 7 nitrogen and oxygen atoms in total. The van der Waals surface area contributed by atoms with Gasteiger partial charge in [-0.05, 0) is 13.8 Å². The van der Waals surface area contributed by atoms with E-state index in [4.69, 9.17) is 9.84 Å². The van der Waals surface area contributed by atoms with Crippen LogP contribution in [0.15, 0.2) is 12.4 Å². The Balaban J connectivity index is 2.28. The fraction of sp³-hybridized carbons (Fsp3) is 0.769. The van der Waals surface area contributed by atoms with Crippen LogP contribution in [-0.2, 0) is 27.7 Å². The highest BCUT2D eigenvalue weighted by Gasteiger charge is 2.06. The summed E-state index contributed by atoms with van der Waals surface area (Å²) >= 11 is 0. The van der Waals surface area contributed by atoms with Gasteiger partial charge in [0.1, 0.15) is 9.84 Å². The van der Waals surface area contributed by atoms with Crippen LogP contribution in [0.2, 0.25) is 0 Å². The van der Waals surface area contributed by atoms with Gasteiger partial charge >= 0.3 is 0 Å². The van der Waals surface area contributed by atoms with E-state index < -0.39 is 15.9 Å². The summed E-state index contributed by atoms with van der Waals surface area (Å²) in [6.45, 7) is 5.53. The molecular formula is C13H25N3O4S. The van der Waals surface area contributed by atoms with Crippen LogP contribution >= 0.6 is 0 Å². The summed E-state index contributed by atoms with van der Waals surface area (Å²) in [5.41, 5.74) is 0.992. The number of hydrogen-bond acceptors (Lipinski definition) is 6. The maximum atomic E-state index is 11.1. The third kappa shape index (κ3) is 8.82. The Labute approximate surface area is 126 Å². The van der Waals surface area contributed by atoms with Gasteiger partial charge in [-0.2, -0.15) is 5.10 Å². The molecule has 0 radical (unpaired) electrons. The molecule has 1 heterocycles. The van der Waals surface area contributed by atoms with Crippen LogP contribution in [0.3, 0.4) is 0 Å². The Morgan fingerprint density at radius 3 is 2.76 bits per heavy atom. The minimum atomic E-state index is -2.97. The van der Waals surface area contributed by atoms with Crippen molar-refractivity contribution in [1.82, 2.24) is 15.1 Å². The molecule has 1 unspecified atom stereocenters. The number of nitrogens with zero attached hydrogens (tertiary/aromatic N) is 2. The topological polar surface area (TPSA) is 93.4 Å². The third-order valence-electron chi connectivity index (χ3n) is 2.76. The molecule has 8 heteroatoms. The van der Waals surface area contributed by atoms with E-state index >= 15 is 0 Å². The number of aromatic nitrogens is 2.